The van der Waals surface area contributed by atoms with Gasteiger partial charge in [-0.15, -0.1) is 4.31 Å². The van der Waals surface area contributed by atoms with E-state index in [2.05, 4.69) is 28.8 Å². The first kappa shape index (κ1) is 22.7. The van der Waals surface area contributed by atoms with Crippen LogP contribution in [0, 0.1) is 0 Å². The van der Waals surface area contributed by atoms with Crippen molar-refractivity contribution in [3.63, 3.8) is 0 Å². The van der Waals surface area contributed by atoms with E-state index in [0.717, 1.165) is 22.6 Å². The summed E-state index contributed by atoms with van der Waals surface area (Å²) in [6.45, 7) is 0. The van der Waals surface area contributed by atoms with Crippen molar-refractivity contribution in [3.8, 4) is 0 Å². The van der Waals surface area contributed by atoms with Gasteiger partial charge in [-0.05, 0) is 23.3 Å². The van der Waals surface area contributed by atoms with Crippen LogP contribution in [0.25, 0.3) is 0 Å². The average Bonchev–Trinajstić information content (AvgIpc) is 2.73. The number of hydrogen-bond donors (Lipinski definition) is 0. The van der Waals surface area contributed by atoms with E-state index < -0.39 is 23.0 Å². The fourth-order valence-corrected chi connectivity index (χ4v) is 5.67. The molecule has 4 rings (SSSR count). The van der Waals surface area contributed by atoms with Crippen molar-refractivity contribution >= 4 is 29.8 Å². The molecule has 0 N–H and O–H groups in total. The zero-order chi connectivity index (χ0) is 22.6. The predicted molar refractivity (Wildman–Crippen MR) is 118 cm³/mol. The molecule has 3 nitrogen and oxygen atoms in total. The van der Waals surface area contributed by atoms with Crippen LogP contribution >= 0.6 is 0 Å². The molecule has 9 heteroatoms. The largest absolute Gasteiger partial charge is 0.673 e. The summed E-state index contributed by atoms with van der Waals surface area (Å²) >= 11 is 0. The molecule has 1 aliphatic rings. The molecule has 0 spiro atoms. The highest BCUT2D eigenvalue weighted by Gasteiger charge is 2.68. The first-order valence-corrected chi connectivity index (χ1v) is 10.6. The Balaban J connectivity index is 0.000000491. The van der Waals surface area contributed by atoms with Crippen molar-refractivity contribution in [2.75, 3.05) is 18.4 Å². The van der Waals surface area contributed by atoms with Crippen LogP contribution in [0.2, 0.25) is 0 Å². The van der Waals surface area contributed by atoms with E-state index in [4.69, 9.17) is 0 Å². The van der Waals surface area contributed by atoms with Gasteiger partial charge in [0.25, 0.3) is 5.84 Å². The van der Waals surface area contributed by atoms with Crippen LogP contribution in [-0.4, -0.2) is 36.0 Å². The third-order valence-corrected chi connectivity index (χ3v) is 6.60. The number of rotatable bonds is 3. The Kier molecular flexibility index (Phi) is 6.64. The summed E-state index contributed by atoms with van der Waals surface area (Å²) in [6.07, 6.45) is 0. The van der Waals surface area contributed by atoms with Gasteiger partial charge in [-0.25, -0.2) is 4.21 Å². The van der Waals surface area contributed by atoms with E-state index in [9.17, 15) is 21.5 Å². The monoisotopic (exact) mass is 448 g/mol. The van der Waals surface area contributed by atoms with Gasteiger partial charge in [-0.2, -0.15) is 0 Å². The third kappa shape index (κ3) is 4.56. The van der Waals surface area contributed by atoms with Crippen LogP contribution in [0.4, 0.5) is 23.0 Å². The van der Waals surface area contributed by atoms with Crippen molar-refractivity contribution in [1.82, 2.24) is 0 Å². The number of hydrogen-bond acceptors (Lipinski definition) is 1. The van der Waals surface area contributed by atoms with Gasteiger partial charge in [0.05, 0.1) is 14.1 Å². The number of nitrogens with zero attached hydrogens (tertiary/aromatic N) is 2. The lowest BCUT2D eigenvalue weighted by Crippen LogP contribution is -2.68. The van der Waals surface area contributed by atoms with Gasteiger partial charge < -0.3 is 17.3 Å². The minimum Gasteiger partial charge on any atom is -0.418 e. The topological polar surface area (TPSA) is 23.3 Å². The third-order valence-electron chi connectivity index (χ3n) is 4.71. The number of para-hydroxylation sites is 1. The van der Waals surface area contributed by atoms with Crippen molar-refractivity contribution in [2.24, 2.45) is 0 Å². The summed E-state index contributed by atoms with van der Waals surface area (Å²) in [7, 11) is -3.24. The molecular formula is C22H21BF4N2OS. The predicted octanol–water partition coefficient (Wildman–Crippen LogP) is 5.08. The maximum Gasteiger partial charge on any atom is 0.673 e. The molecule has 162 valence electrons. The first-order chi connectivity index (χ1) is 14.7. The molecule has 0 aromatic heterocycles. The summed E-state index contributed by atoms with van der Waals surface area (Å²) in [4.78, 5) is 0. The maximum absolute atomic E-state index is 13.8. The minimum absolute atomic E-state index is 0.679. The molecule has 3 aromatic carbocycles. The number of amidine groups is 1. The summed E-state index contributed by atoms with van der Waals surface area (Å²) in [5, 5.41) is 0. The fraction of sp³-hybridized carbons (Fsp3) is 0.136. The second-order valence-corrected chi connectivity index (χ2v) is 8.48. The van der Waals surface area contributed by atoms with Gasteiger partial charge in [0, 0.05) is 0 Å². The lowest BCUT2D eigenvalue weighted by Gasteiger charge is -2.44. The summed E-state index contributed by atoms with van der Waals surface area (Å²) in [5.41, 5.74) is 3.03. The Bertz CT molecular complexity index is 1030. The molecule has 0 aliphatic carbocycles. The van der Waals surface area contributed by atoms with Crippen molar-refractivity contribution in [2.45, 2.75) is 4.75 Å². The summed E-state index contributed by atoms with van der Waals surface area (Å²) < 4.78 is 56.1. The second-order valence-electron chi connectivity index (χ2n) is 7.01. The lowest BCUT2D eigenvalue weighted by atomic mass is 9.88. The highest BCUT2D eigenvalue weighted by molar-refractivity contribution is 7.92. The summed E-state index contributed by atoms with van der Waals surface area (Å²) in [5.74, 6) is 1.01. The first-order valence-electron chi connectivity index (χ1n) is 9.47. The van der Waals surface area contributed by atoms with E-state index in [1.807, 2.05) is 85.1 Å². The minimum atomic E-state index is -6.00. The van der Waals surface area contributed by atoms with Gasteiger partial charge in [0.2, 0.25) is 15.7 Å². The van der Waals surface area contributed by atoms with Crippen LogP contribution in [0.5, 0.6) is 0 Å². The Labute approximate surface area is 181 Å². The highest BCUT2D eigenvalue weighted by Crippen LogP contribution is 2.49. The van der Waals surface area contributed by atoms with Crippen LogP contribution in [0.15, 0.2) is 91.0 Å². The Morgan fingerprint density at radius 1 is 0.742 bits per heavy atom. The molecule has 0 bridgehead atoms. The molecule has 0 saturated carbocycles. The molecule has 1 saturated heterocycles. The van der Waals surface area contributed by atoms with E-state index in [0.29, 0.717) is 0 Å². The second kappa shape index (κ2) is 9.05. The van der Waals surface area contributed by atoms with Crippen molar-refractivity contribution in [3.05, 3.63) is 102 Å². The SMILES string of the molecule is C[N+](C)=C1N(c2ccccc2)S(=O)C1(c1ccccc1)c1ccccc1.F[B-](F)(F)F. The molecule has 1 aliphatic heterocycles. The van der Waals surface area contributed by atoms with E-state index >= 15 is 0 Å². The molecule has 0 amide bonds. The summed E-state index contributed by atoms with van der Waals surface area (Å²) in [6, 6.07) is 30.2. The molecule has 3 aromatic rings. The Hall–Kier alpha value is -2.94. The number of halogens is 4. The maximum atomic E-state index is 13.8. The fourth-order valence-electron chi connectivity index (χ4n) is 3.65. The van der Waals surface area contributed by atoms with Gasteiger partial charge in [0.15, 0.2) is 0 Å². The van der Waals surface area contributed by atoms with Crippen LogP contribution < -0.4 is 4.31 Å². The number of benzene rings is 3. The van der Waals surface area contributed by atoms with Crippen molar-refractivity contribution < 1.29 is 26.0 Å². The molecule has 0 radical (unpaired) electrons. The standard InChI is InChI=1S/C22H21N2OS.BF4/c1-23(2)21-22(18-12-6-3-7-13-18,19-14-8-4-9-15-19)26(25)24(21)20-16-10-5-11-17-20;2-1(3,4)5/h3-17H,1-2H3;/q+1;-1. The zero-order valence-corrected chi connectivity index (χ0v) is 17.8. The molecule has 1 heterocycles. The van der Waals surface area contributed by atoms with Gasteiger partial charge in [0.1, 0.15) is 5.69 Å². The molecule has 31 heavy (non-hydrogen) atoms. The van der Waals surface area contributed by atoms with Gasteiger partial charge >= 0.3 is 7.25 Å². The van der Waals surface area contributed by atoms with Crippen LogP contribution in [-0.2, 0) is 15.7 Å². The molecule has 1 fully saturated rings. The number of anilines is 1. The Morgan fingerprint density at radius 3 is 1.45 bits per heavy atom. The lowest BCUT2D eigenvalue weighted by molar-refractivity contribution is -0.467. The van der Waals surface area contributed by atoms with Crippen molar-refractivity contribution in [1.29, 1.82) is 0 Å². The van der Waals surface area contributed by atoms with Gasteiger partial charge in [-0.3, -0.25) is 4.58 Å². The quantitative estimate of drug-likeness (QED) is 0.311. The smallest absolute Gasteiger partial charge is 0.418 e. The zero-order valence-electron chi connectivity index (χ0n) is 17.0. The Morgan fingerprint density at radius 2 is 1.10 bits per heavy atom. The van der Waals surface area contributed by atoms with E-state index in [1.54, 1.807) is 0 Å². The average molecular weight is 448 g/mol. The normalized spacial score (nSPS) is 17.3. The molecular weight excluding hydrogens is 427 g/mol. The molecule has 1 unspecified atom stereocenters. The van der Waals surface area contributed by atoms with Gasteiger partial charge in [-0.1, -0.05) is 78.9 Å². The van der Waals surface area contributed by atoms with E-state index in [1.165, 1.54) is 0 Å². The van der Waals surface area contributed by atoms with Crippen LogP contribution in [0.1, 0.15) is 11.1 Å². The highest BCUT2D eigenvalue weighted by atomic mass is 32.2. The molecule has 1 atom stereocenters. The van der Waals surface area contributed by atoms with E-state index in [-0.39, 0.29) is 0 Å². The van der Waals surface area contributed by atoms with Crippen LogP contribution in [0.3, 0.4) is 0 Å².